The molecule has 248 valence electrons. The van der Waals surface area contributed by atoms with Gasteiger partial charge in [-0.3, -0.25) is 9.78 Å². The van der Waals surface area contributed by atoms with Gasteiger partial charge in [-0.2, -0.15) is 0 Å². The van der Waals surface area contributed by atoms with E-state index in [2.05, 4.69) is 25.2 Å². The summed E-state index contributed by atoms with van der Waals surface area (Å²) >= 11 is 6.58. The van der Waals surface area contributed by atoms with Crippen molar-refractivity contribution in [2.75, 3.05) is 38.1 Å². The molecule has 0 aliphatic carbocycles. The van der Waals surface area contributed by atoms with Crippen LogP contribution >= 0.6 is 11.6 Å². The number of pyridine rings is 1. The average Bonchev–Trinajstić information content (AvgIpc) is 3.56. The molecule has 1 amide bonds. The van der Waals surface area contributed by atoms with E-state index in [4.69, 9.17) is 16.3 Å². The molecule has 2 fully saturated rings. The first-order valence-corrected chi connectivity index (χ1v) is 17.1. The van der Waals surface area contributed by atoms with Crippen LogP contribution in [0, 0.1) is 0 Å². The first kappa shape index (κ1) is 32.1. The van der Waals surface area contributed by atoms with Crippen LogP contribution in [0.4, 0.5) is 11.5 Å². The van der Waals surface area contributed by atoms with Gasteiger partial charge in [-0.15, -0.1) is 0 Å². The van der Waals surface area contributed by atoms with Crippen LogP contribution in [0.15, 0.2) is 79.5 Å². The summed E-state index contributed by atoms with van der Waals surface area (Å²) in [5.74, 6) is 1.21. The van der Waals surface area contributed by atoms with E-state index in [1.807, 2.05) is 70.4 Å². The van der Waals surface area contributed by atoms with E-state index in [1.54, 1.807) is 12.3 Å². The summed E-state index contributed by atoms with van der Waals surface area (Å²) in [4.78, 5) is 31.7. The monoisotopic (exact) mass is 665 g/mol. The molecule has 7 rings (SSSR count). The fraction of sp³-hybridized carbons (Fsp3) is 0.351. The van der Waals surface area contributed by atoms with Crippen LogP contribution in [-0.4, -0.2) is 79.2 Å². The smallest absolute Gasteiger partial charge is 0.255 e. The van der Waals surface area contributed by atoms with E-state index in [-0.39, 0.29) is 12.5 Å². The number of benzene rings is 2. The molecule has 0 saturated carbocycles. The molecule has 0 spiro atoms. The number of amides is 1. The summed E-state index contributed by atoms with van der Waals surface area (Å²) < 4.78 is 7.84. The number of piperidine rings is 2. The molecule has 5 heterocycles. The van der Waals surface area contributed by atoms with E-state index in [0.717, 1.165) is 59.5 Å². The second-order valence-electron chi connectivity index (χ2n) is 12.5. The average molecular weight is 666 g/mol. The van der Waals surface area contributed by atoms with Gasteiger partial charge in [-0.1, -0.05) is 24.1 Å². The minimum Gasteiger partial charge on any atom is -0.486 e. The maximum Gasteiger partial charge on any atom is 0.255 e. The Labute approximate surface area is 285 Å². The molecule has 11 heteroatoms. The fourth-order valence-corrected chi connectivity index (χ4v) is 7.05. The van der Waals surface area contributed by atoms with Gasteiger partial charge in [-0.25, -0.2) is 9.97 Å². The quantitative estimate of drug-likeness (QED) is 0.176. The molecule has 0 unspecified atom stereocenters. The summed E-state index contributed by atoms with van der Waals surface area (Å²) in [7, 11) is 0. The predicted octanol–water partition coefficient (Wildman–Crippen LogP) is 6.42. The highest BCUT2D eigenvalue weighted by Gasteiger charge is 2.29. The van der Waals surface area contributed by atoms with Crippen LogP contribution in [0.2, 0.25) is 5.02 Å². The first-order valence-electron chi connectivity index (χ1n) is 16.7. The molecule has 2 N–H and O–H groups in total. The lowest BCUT2D eigenvalue weighted by Crippen LogP contribution is -2.48. The molecule has 0 bridgehead atoms. The number of aromatic nitrogens is 4. The number of hydrogen-bond donors (Lipinski definition) is 2. The lowest BCUT2D eigenvalue weighted by atomic mass is 9.99. The Hall–Kier alpha value is -4.51. The van der Waals surface area contributed by atoms with Crippen molar-refractivity contribution in [2.45, 2.75) is 51.2 Å². The number of carbonyl (C=O) groups is 1. The van der Waals surface area contributed by atoms with E-state index >= 15 is 0 Å². The third kappa shape index (κ3) is 7.16. The Bertz CT molecular complexity index is 1870. The highest BCUT2D eigenvalue weighted by Crippen LogP contribution is 2.32. The number of ether oxygens (including phenoxy) is 1. The lowest BCUT2D eigenvalue weighted by molar-refractivity contribution is 0.0589. The second kappa shape index (κ2) is 14.7. The number of nitrogens with zero attached hydrogens (tertiary/aromatic N) is 6. The molecule has 0 radical (unpaired) electrons. The number of anilines is 2. The molecule has 48 heavy (non-hydrogen) atoms. The molecule has 2 aliphatic rings. The normalized spacial score (nSPS) is 15.9. The molecule has 2 saturated heterocycles. The maximum atomic E-state index is 13.8. The predicted molar refractivity (Wildman–Crippen MR) is 187 cm³/mol. The standard InChI is InChI=1S/C37H40ClN7O3/c38-33-20-27(7-10-35(33)48-24-28-6-2-3-14-39-28)42-36-31-21-30(8-9-34(31)40-25-41-36)45-22-26(13-19-46)32(23-45)37(47)44-17-11-29(12-18-44)43-15-4-1-5-16-43/h2-3,6-10,14,20-23,25,29,46H,1,4-5,11-13,15-19,24H2,(H,40,41,42). The van der Waals surface area contributed by atoms with Crippen molar-refractivity contribution >= 4 is 39.9 Å². The molecular weight excluding hydrogens is 626 g/mol. The van der Waals surface area contributed by atoms with Gasteiger partial charge in [0.2, 0.25) is 0 Å². The third-order valence-electron chi connectivity index (χ3n) is 9.39. The lowest BCUT2D eigenvalue weighted by Gasteiger charge is -2.40. The number of likely N-dealkylation sites (tertiary alicyclic amines) is 2. The van der Waals surface area contributed by atoms with Crippen molar-refractivity contribution in [3.8, 4) is 11.4 Å². The van der Waals surface area contributed by atoms with E-state index in [1.165, 1.54) is 38.7 Å². The minimum absolute atomic E-state index is 0.0313. The van der Waals surface area contributed by atoms with Crippen molar-refractivity contribution in [3.05, 3.63) is 101 Å². The first-order chi connectivity index (χ1) is 23.6. The number of halogens is 1. The molecule has 0 atom stereocenters. The Kier molecular flexibility index (Phi) is 9.83. The van der Waals surface area contributed by atoms with Crippen molar-refractivity contribution in [2.24, 2.45) is 0 Å². The topological polar surface area (TPSA) is 109 Å². The number of rotatable bonds is 10. The molecular formula is C37H40ClN7O3. The van der Waals surface area contributed by atoms with Crippen molar-refractivity contribution < 1.29 is 14.6 Å². The van der Waals surface area contributed by atoms with Crippen LogP contribution in [0.25, 0.3) is 16.6 Å². The summed E-state index contributed by atoms with van der Waals surface area (Å²) in [6.45, 7) is 4.16. The Morgan fingerprint density at radius 3 is 2.58 bits per heavy atom. The highest BCUT2D eigenvalue weighted by atomic mass is 35.5. The van der Waals surface area contributed by atoms with Gasteiger partial charge in [0, 0.05) is 61.1 Å². The molecule has 3 aromatic heterocycles. The number of aliphatic hydroxyl groups excluding tert-OH is 1. The van der Waals surface area contributed by atoms with Gasteiger partial charge in [-0.05, 0) is 99.3 Å². The van der Waals surface area contributed by atoms with Crippen molar-refractivity contribution in [3.63, 3.8) is 0 Å². The molecule has 2 aliphatic heterocycles. The zero-order valence-electron chi connectivity index (χ0n) is 26.9. The summed E-state index contributed by atoms with van der Waals surface area (Å²) in [5.41, 5.74) is 4.67. The number of fused-ring (bicyclic) bond motifs is 1. The van der Waals surface area contributed by atoms with E-state index < -0.39 is 0 Å². The van der Waals surface area contributed by atoms with Gasteiger partial charge in [0.15, 0.2) is 0 Å². The second-order valence-corrected chi connectivity index (χ2v) is 12.9. The molecule has 10 nitrogen and oxygen atoms in total. The van der Waals surface area contributed by atoms with Crippen LogP contribution in [0.1, 0.15) is 53.7 Å². The number of carbonyl (C=O) groups excluding carboxylic acids is 1. The van der Waals surface area contributed by atoms with Gasteiger partial charge >= 0.3 is 0 Å². The largest absolute Gasteiger partial charge is 0.486 e. The van der Waals surface area contributed by atoms with Crippen LogP contribution in [-0.2, 0) is 13.0 Å². The van der Waals surface area contributed by atoms with Crippen LogP contribution in [0.5, 0.6) is 5.75 Å². The minimum atomic E-state index is -0.0313. The third-order valence-corrected chi connectivity index (χ3v) is 9.69. The molecule has 5 aromatic rings. The van der Waals surface area contributed by atoms with Gasteiger partial charge in [0.05, 0.1) is 21.8 Å². The fourth-order valence-electron chi connectivity index (χ4n) is 6.82. The van der Waals surface area contributed by atoms with Gasteiger partial charge in [0.1, 0.15) is 24.5 Å². The summed E-state index contributed by atoms with van der Waals surface area (Å²) in [6.07, 6.45) is 13.4. The van der Waals surface area contributed by atoms with Gasteiger partial charge < -0.3 is 29.5 Å². The van der Waals surface area contributed by atoms with E-state index in [0.29, 0.717) is 41.2 Å². The maximum absolute atomic E-state index is 13.8. The zero-order chi connectivity index (χ0) is 32.9. The van der Waals surface area contributed by atoms with Crippen molar-refractivity contribution in [1.29, 1.82) is 0 Å². The SMILES string of the molecule is O=C(c1cn(-c2ccc3ncnc(Nc4ccc(OCc5ccccn5)c(Cl)c4)c3c2)cc1CCO)N1CCC(N2CCCCC2)CC1. The van der Waals surface area contributed by atoms with Gasteiger partial charge in [0.25, 0.3) is 5.91 Å². The number of aliphatic hydroxyl groups is 1. The van der Waals surface area contributed by atoms with Crippen LogP contribution in [0.3, 0.4) is 0 Å². The number of nitrogens with one attached hydrogen (secondary N) is 1. The Morgan fingerprint density at radius 1 is 0.958 bits per heavy atom. The Balaban J connectivity index is 1.08. The zero-order valence-corrected chi connectivity index (χ0v) is 27.6. The molecule has 2 aromatic carbocycles. The van der Waals surface area contributed by atoms with Crippen LogP contribution < -0.4 is 10.1 Å². The van der Waals surface area contributed by atoms with Crippen molar-refractivity contribution in [1.82, 2.24) is 29.3 Å². The number of hydrogen-bond acceptors (Lipinski definition) is 8. The Morgan fingerprint density at radius 2 is 1.81 bits per heavy atom. The van der Waals surface area contributed by atoms with E-state index in [9.17, 15) is 9.90 Å². The highest BCUT2D eigenvalue weighted by molar-refractivity contribution is 6.32. The summed E-state index contributed by atoms with van der Waals surface area (Å²) in [5, 5.41) is 14.5. The summed E-state index contributed by atoms with van der Waals surface area (Å²) in [6, 6.07) is 17.7.